The van der Waals surface area contributed by atoms with Crippen LogP contribution >= 0.6 is 23.2 Å². The first-order valence-corrected chi connectivity index (χ1v) is 12.5. The minimum absolute atomic E-state index is 0.155. The number of methoxy groups -OCH3 is 1. The van der Waals surface area contributed by atoms with Crippen molar-refractivity contribution in [2.24, 2.45) is 0 Å². The van der Waals surface area contributed by atoms with Crippen LogP contribution in [0.5, 0.6) is 11.5 Å². The minimum Gasteiger partial charge on any atom is -0.493 e. The van der Waals surface area contributed by atoms with Gasteiger partial charge in [-0.25, -0.2) is 0 Å². The van der Waals surface area contributed by atoms with E-state index in [0.717, 1.165) is 11.1 Å². The van der Waals surface area contributed by atoms with Crippen molar-refractivity contribution in [1.82, 2.24) is 20.2 Å². The molecular weight excluding hydrogens is 527 g/mol. The molecule has 1 aromatic heterocycles. The van der Waals surface area contributed by atoms with E-state index in [9.17, 15) is 4.79 Å². The van der Waals surface area contributed by atoms with Gasteiger partial charge in [-0.1, -0.05) is 52.6 Å². The van der Waals surface area contributed by atoms with Crippen LogP contribution in [0.3, 0.4) is 0 Å². The molecule has 38 heavy (non-hydrogen) atoms. The fourth-order valence-corrected chi connectivity index (χ4v) is 4.84. The van der Waals surface area contributed by atoms with Crippen molar-refractivity contribution in [3.8, 4) is 11.5 Å². The highest BCUT2D eigenvalue weighted by molar-refractivity contribution is 6.35. The quantitative estimate of drug-likeness (QED) is 0.299. The van der Waals surface area contributed by atoms with E-state index in [1.165, 1.54) is 0 Å². The van der Waals surface area contributed by atoms with Gasteiger partial charge < -0.3 is 20.1 Å². The van der Waals surface area contributed by atoms with Gasteiger partial charge in [0.25, 0.3) is 5.91 Å². The first-order valence-electron chi connectivity index (χ1n) is 11.7. The number of carbonyl (C=O) groups is 1. The third kappa shape index (κ3) is 5.03. The average molecular weight is 551 g/mol. The Hall–Kier alpha value is -4.08. The van der Waals surface area contributed by atoms with Crippen molar-refractivity contribution < 1.29 is 14.3 Å². The van der Waals surface area contributed by atoms with Gasteiger partial charge in [-0.15, -0.1) is 0 Å². The van der Waals surface area contributed by atoms with Crippen LogP contribution in [0.2, 0.25) is 10.0 Å². The lowest BCUT2D eigenvalue weighted by Gasteiger charge is -2.28. The summed E-state index contributed by atoms with van der Waals surface area (Å²) in [6, 6.07) is 17.7. The molecule has 0 bridgehead atoms. The molecule has 0 radical (unpaired) electrons. The molecule has 0 fully saturated rings. The summed E-state index contributed by atoms with van der Waals surface area (Å²) in [4.78, 5) is 13.6. The Morgan fingerprint density at radius 1 is 1.05 bits per heavy atom. The molecule has 1 aliphatic heterocycles. The highest BCUT2D eigenvalue weighted by Gasteiger charge is 2.34. The Labute approximate surface area is 229 Å². The van der Waals surface area contributed by atoms with E-state index >= 15 is 0 Å². The molecule has 1 atom stereocenters. The second-order valence-electron chi connectivity index (χ2n) is 8.74. The number of aryl methyl sites for hydroxylation is 1. The fraction of sp³-hybridized carbons (Fsp3) is 0.185. The highest BCUT2D eigenvalue weighted by Crippen LogP contribution is 2.39. The van der Waals surface area contributed by atoms with Gasteiger partial charge in [0, 0.05) is 27.0 Å². The number of carbonyl (C=O) groups excluding carboxylic acids is 1. The van der Waals surface area contributed by atoms with Gasteiger partial charge in [0.2, 0.25) is 5.95 Å². The van der Waals surface area contributed by atoms with Gasteiger partial charge in [-0.05, 0) is 71.8 Å². The van der Waals surface area contributed by atoms with Crippen LogP contribution in [0, 0.1) is 6.92 Å². The van der Waals surface area contributed by atoms with E-state index < -0.39 is 6.04 Å². The number of halogens is 2. The summed E-state index contributed by atoms with van der Waals surface area (Å²) in [6.45, 7) is 3.94. The lowest BCUT2D eigenvalue weighted by Crippen LogP contribution is -2.31. The first kappa shape index (κ1) is 25.6. The summed E-state index contributed by atoms with van der Waals surface area (Å²) in [5.74, 6) is 1.10. The predicted octanol–water partition coefficient (Wildman–Crippen LogP) is 5.80. The first-order chi connectivity index (χ1) is 18.4. The topological polar surface area (TPSA) is 103 Å². The molecule has 9 nitrogen and oxygen atoms in total. The zero-order valence-corrected chi connectivity index (χ0v) is 22.3. The number of fused-ring (bicyclic) bond motifs is 1. The van der Waals surface area contributed by atoms with Gasteiger partial charge in [0.1, 0.15) is 12.6 Å². The van der Waals surface area contributed by atoms with Crippen molar-refractivity contribution in [1.29, 1.82) is 0 Å². The normalized spacial score (nSPS) is 14.5. The summed E-state index contributed by atoms with van der Waals surface area (Å²) >= 11 is 12.6. The third-order valence-electron chi connectivity index (χ3n) is 6.17. The molecule has 4 aromatic rings. The summed E-state index contributed by atoms with van der Waals surface area (Å²) in [5, 5.41) is 19.2. The zero-order valence-electron chi connectivity index (χ0n) is 20.8. The Morgan fingerprint density at radius 3 is 2.55 bits per heavy atom. The Bertz CT molecular complexity index is 1530. The number of aromatic nitrogens is 4. The van der Waals surface area contributed by atoms with Crippen LogP contribution in [0.1, 0.15) is 29.7 Å². The Balaban J connectivity index is 1.48. The van der Waals surface area contributed by atoms with E-state index in [1.54, 1.807) is 42.1 Å². The smallest absolute Gasteiger partial charge is 0.255 e. The number of benzene rings is 3. The van der Waals surface area contributed by atoms with Crippen LogP contribution in [0.15, 0.2) is 71.9 Å². The molecule has 1 aliphatic rings. The molecule has 0 saturated heterocycles. The molecular formula is C27H24Cl2N6O3. The molecule has 0 aliphatic carbocycles. The van der Waals surface area contributed by atoms with Crippen molar-refractivity contribution in [3.05, 3.63) is 98.7 Å². The number of rotatable bonds is 7. The fourth-order valence-electron chi connectivity index (χ4n) is 4.33. The summed E-state index contributed by atoms with van der Waals surface area (Å²) in [6.07, 6.45) is 0. The number of hydrogen-bond donors (Lipinski definition) is 2. The number of ether oxygens (including phenoxy) is 2. The number of tetrazole rings is 1. The number of amides is 1. The van der Waals surface area contributed by atoms with Gasteiger partial charge in [0.15, 0.2) is 11.5 Å². The van der Waals surface area contributed by atoms with Gasteiger partial charge in [0.05, 0.1) is 12.7 Å². The average Bonchev–Trinajstić information content (AvgIpc) is 3.35. The second-order valence-corrected chi connectivity index (χ2v) is 9.55. The van der Waals surface area contributed by atoms with Gasteiger partial charge in [-0.3, -0.25) is 4.79 Å². The Morgan fingerprint density at radius 2 is 1.82 bits per heavy atom. The van der Waals surface area contributed by atoms with E-state index in [-0.39, 0.29) is 12.5 Å². The molecule has 2 N–H and O–H groups in total. The van der Waals surface area contributed by atoms with Crippen LogP contribution < -0.4 is 20.1 Å². The highest BCUT2D eigenvalue weighted by atomic mass is 35.5. The van der Waals surface area contributed by atoms with Gasteiger partial charge >= 0.3 is 0 Å². The predicted molar refractivity (Wildman–Crippen MR) is 146 cm³/mol. The summed E-state index contributed by atoms with van der Waals surface area (Å²) in [5.41, 5.74) is 4.23. The van der Waals surface area contributed by atoms with E-state index in [2.05, 4.69) is 26.2 Å². The lowest BCUT2D eigenvalue weighted by molar-refractivity contribution is -0.113. The third-order valence-corrected chi connectivity index (χ3v) is 6.88. The number of nitrogens with one attached hydrogen (secondary N) is 2. The molecule has 0 spiro atoms. The van der Waals surface area contributed by atoms with E-state index in [0.29, 0.717) is 50.0 Å². The summed E-state index contributed by atoms with van der Waals surface area (Å²) < 4.78 is 13.2. The molecule has 0 saturated carbocycles. The lowest BCUT2D eigenvalue weighted by atomic mass is 9.94. The maximum absolute atomic E-state index is 13.6. The van der Waals surface area contributed by atoms with Gasteiger partial charge in [-0.2, -0.15) is 4.68 Å². The van der Waals surface area contributed by atoms with Crippen LogP contribution in [-0.4, -0.2) is 33.2 Å². The monoisotopic (exact) mass is 550 g/mol. The number of nitrogens with zero attached hydrogens (tertiary/aromatic N) is 4. The SMILES string of the molecule is COc1cc(C2C(C(=O)Nc3cccc(C)c3)=C(C)Nc3nnnn32)ccc1OCc1c(Cl)cccc1Cl. The zero-order chi connectivity index (χ0) is 26.8. The maximum Gasteiger partial charge on any atom is 0.255 e. The van der Waals surface area contributed by atoms with Crippen LogP contribution in [0.25, 0.3) is 0 Å². The molecule has 3 aromatic carbocycles. The van der Waals surface area contributed by atoms with Crippen LogP contribution in [-0.2, 0) is 11.4 Å². The van der Waals surface area contributed by atoms with Crippen molar-refractivity contribution in [2.75, 3.05) is 17.7 Å². The Kier molecular flexibility index (Phi) is 7.22. The molecule has 1 amide bonds. The molecule has 194 valence electrons. The molecule has 2 heterocycles. The van der Waals surface area contributed by atoms with Crippen molar-refractivity contribution in [2.45, 2.75) is 26.5 Å². The second kappa shape index (κ2) is 10.7. The molecule has 5 rings (SSSR count). The standard InChI is InChI=1S/C27H24Cl2N6O3/c1-15-6-4-7-18(12-15)31-26(36)24-16(2)30-27-32-33-34-35(27)25(24)17-10-11-22(23(13-17)37-3)38-14-19-20(28)8-5-9-21(19)29/h4-13,25H,14H2,1-3H3,(H,31,36)(H,30,32,34). The largest absolute Gasteiger partial charge is 0.493 e. The van der Waals surface area contributed by atoms with Crippen LogP contribution in [0.4, 0.5) is 11.6 Å². The molecule has 1 unspecified atom stereocenters. The maximum atomic E-state index is 13.6. The molecule has 11 heteroatoms. The van der Waals surface area contributed by atoms with E-state index in [1.807, 2.05) is 44.2 Å². The number of allylic oxidation sites excluding steroid dienone is 1. The number of hydrogen-bond acceptors (Lipinski definition) is 7. The van der Waals surface area contributed by atoms with Crippen molar-refractivity contribution in [3.63, 3.8) is 0 Å². The minimum atomic E-state index is -0.618. The van der Waals surface area contributed by atoms with E-state index in [4.69, 9.17) is 32.7 Å². The van der Waals surface area contributed by atoms with Crippen molar-refractivity contribution >= 4 is 40.7 Å². The summed E-state index contributed by atoms with van der Waals surface area (Å²) in [7, 11) is 1.55. The number of anilines is 2.